The topological polar surface area (TPSA) is 43.4 Å². The third kappa shape index (κ3) is 3.07. The standard InChI is InChI=1S/C13H11O3S/c14-17(15)13-9-5-4-8-12(13)16-10-11-6-2-1-3-7-11/h1-4,6-9,17H,10H2. The highest BCUT2D eigenvalue weighted by Crippen LogP contribution is 2.20. The molecule has 0 atom stereocenters. The zero-order chi connectivity index (χ0) is 12.1. The van der Waals surface area contributed by atoms with Gasteiger partial charge in [-0.25, -0.2) is 8.42 Å². The van der Waals surface area contributed by atoms with Gasteiger partial charge in [-0.1, -0.05) is 36.4 Å². The van der Waals surface area contributed by atoms with E-state index in [1.165, 1.54) is 6.07 Å². The Balaban J connectivity index is 2.14. The van der Waals surface area contributed by atoms with Crippen LogP contribution < -0.4 is 4.74 Å². The Labute approximate surface area is 102 Å². The molecule has 2 aromatic rings. The molecular weight excluding hydrogens is 236 g/mol. The van der Waals surface area contributed by atoms with E-state index in [9.17, 15) is 8.42 Å². The lowest BCUT2D eigenvalue weighted by atomic mass is 10.2. The molecule has 2 aromatic carbocycles. The number of benzene rings is 2. The van der Waals surface area contributed by atoms with Crippen LogP contribution in [0, 0.1) is 6.07 Å². The Bertz CT molecular complexity index is 554. The normalized spacial score (nSPS) is 10.4. The number of ether oxygens (including phenoxy) is 1. The van der Waals surface area contributed by atoms with Crippen LogP contribution in [0.25, 0.3) is 0 Å². The van der Waals surface area contributed by atoms with E-state index >= 15 is 0 Å². The summed E-state index contributed by atoms with van der Waals surface area (Å²) in [5.74, 6) is 0.365. The second kappa shape index (κ2) is 5.50. The van der Waals surface area contributed by atoms with E-state index in [2.05, 4.69) is 6.07 Å². The van der Waals surface area contributed by atoms with Gasteiger partial charge in [-0.2, -0.15) is 0 Å². The number of hydrogen-bond donors (Lipinski definition) is 1. The van der Waals surface area contributed by atoms with Gasteiger partial charge >= 0.3 is 0 Å². The van der Waals surface area contributed by atoms with Crippen molar-refractivity contribution in [2.45, 2.75) is 11.5 Å². The fourth-order valence-corrected chi connectivity index (χ4v) is 1.91. The second-order valence-corrected chi connectivity index (χ2v) is 4.42. The van der Waals surface area contributed by atoms with E-state index < -0.39 is 10.7 Å². The Kier molecular flexibility index (Phi) is 3.77. The third-order valence-corrected chi connectivity index (χ3v) is 2.98. The average Bonchev–Trinajstić information content (AvgIpc) is 2.38. The summed E-state index contributed by atoms with van der Waals surface area (Å²) in [4.78, 5) is 0.165. The van der Waals surface area contributed by atoms with Gasteiger partial charge in [0.25, 0.3) is 0 Å². The molecule has 0 amide bonds. The molecule has 0 aromatic heterocycles. The first-order valence-corrected chi connectivity index (χ1v) is 6.26. The van der Waals surface area contributed by atoms with Gasteiger partial charge in [0.2, 0.25) is 0 Å². The molecular formula is C13H11O3S. The van der Waals surface area contributed by atoms with Crippen molar-refractivity contribution >= 4 is 10.7 Å². The monoisotopic (exact) mass is 247 g/mol. The molecule has 0 N–H and O–H groups in total. The van der Waals surface area contributed by atoms with Crippen molar-refractivity contribution in [3.05, 3.63) is 60.2 Å². The Morgan fingerprint density at radius 3 is 2.59 bits per heavy atom. The molecule has 2 rings (SSSR count). The lowest BCUT2D eigenvalue weighted by Crippen LogP contribution is -1.97. The van der Waals surface area contributed by atoms with E-state index in [-0.39, 0.29) is 4.90 Å². The minimum Gasteiger partial charge on any atom is -0.488 e. The molecule has 0 saturated carbocycles. The molecule has 1 radical (unpaired) electrons. The molecule has 0 aliphatic carbocycles. The predicted molar refractivity (Wildman–Crippen MR) is 64.6 cm³/mol. The van der Waals surface area contributed by atoms with Gasteiger partial charge in [-0.3, -0.25) is 0 Å². The number of hydrogen-bond acceptors (Lipinski definition) is 3. The summed E-state index contributed by atoms with van der Waals surface area (Å²) in [7, 11) is -2.65. The first-order chi connectivity index (χ1) is 8.27. The van der Waals surface area contributed by atoms with Crippen LogP contribution in [0.5, 0.6) is 5.75 Å². The highest BCUT2D eigenvalue weighted by atomic mass is 32.2. The highest BCUT2D eigenvalue weighted by molar-refractivity contribution is 7.72. The fraction of sp³-hybridized carbons (Fsp3) is 0.0769. The summed E-state index contributed by atoms with van der Waals surface area (Å²) in [6, 6.07) is 16.9. The number of rotatable bonds is 4. The van der Waals surface area contributed by atoms with E-state index in [4.69, 9.17) is 4.74 Å². The molecule has 0 saturated heterocycles. The Morgan fingerprint density at radius 1 is 1.12 bits per heavy atom. The minimum absolute atomic E-state index is 0.165. The largest absolute Gasteiger partial charge is 0.488 e. The SMILES string of the molecule is O=[SH](=O)c1c[c]ccc1OCc1ccccc1. The van der Waals surface area contributed by atoms with Gasteiger partial charge in [0, 0.05) is 0 Å². The van der Waals surface area contributed by atoms with Crippen molar-refractivity contribution in [3.8, 4) is 5.75 Å². The van der Waals surface area contributed by atoms with Gasteiger partial charge in [-0.05, 0) is 23.8 Å². The second-order valence-electron chi connectivity index (χ2n) is 3.43. The van der Waals surface area contributed by atoms with E-state index in [0.717, 1.165) is 5.56 Å². The molecule has 4 heteroatoms. The molecule has 3 nitrogen and oxygen atoms in total. The van der Waals surface area contributed by atoms with E-state index in [1.807, 2.05) is 30.3 Å². The maximum absolute atomic E-state index is 11.0. The van der Waals surface area contributed by atoms with Crippen LogP contribution in [0.15, 0.2) is 53.4 Å². The maximum Gasteiger partial charge on any atom is 0.171 e. The van der Waals surface area contributed by atoms with Gasteiger partial charge < -0.3 is 4.74 Å². The molecule has 0 fully saturated rings. The first kappa shape index (κ1) is 11.7. The van der Waals surface area contributed by atoms with Crippen LogP contribution in [0.3, 0.4) is 0 Å². The van der Waals surface area contributed by atoms with Crippen molar-refractivity contribution in [2.24, 2.45) is 0 Å². The molecule has 0 spiro atoms. The number of thiol groups is 1. The highest BCUT2D eigenvalue weighted by Gasteiger charge is 2.04. The van der Waals surface area contributed by atoms with Crippen LogP contribution in [0.2, 0.25) is 0 Å². The smallest absolute Gasteiger partial charge is 0.171 e. The van der Waals surface area contributed by atoms with E-state index in [1.54, 1.807) is 12.1 Å². The Hall–Kier alpha value is -1.81. The van der Waals surface area contributed by atoms with Crippen LogP contribution in [-0.2, 0) is 17.3 Å². The van der Waals surface area contributed by atoms with Gasteiger partial charge in [0.05, 0.1) is 0 Å². The summed E-state index contributed by atoms with van der Waals surface area (Å²) < 4.78 is 27.4. The van der Waals surface area contributed by atoms with Crippen LogP contribution in [0.4, 0.5) is 0 Å². The molecule has 0 aliphatic rings. The first-order valence-electron chi connectivity index (χ1n) is 5.08. The lowest BCUT2D eigenvalue weighted by molar-refractivity contribution is 0.298. The minimum atomic E-state index is -2.65. The maximum atomic E-state index is 11.0. The van der Waals surface area contributed by atoms with Crippen LogP contribution >= 0.6 is 0 Å². The molecule has 0 bridgehead atoms. The molecule has 0 heterocycles. The fourth-order valence-electron chi connectivity index (χ4n) is 1.41. The van der Waals surface area contributed by atoms with Crippen molar-refractivity contribution in [1.29, 1.82) is 0 Å². The Morgan fingerprint density at radius 2 is 1.88 bits per heavy atom. The molecule has 87 valence electrons. The zero-order valence-electron chi connectivity index (χ0n) is 9.00. The van der Waals surface area contributed by atoms with Crippen molar-refractivity contribution < 1.29 is 13.2 Å². The molecule has 0 unspecified atom stereocenters. The van der Waals surface area contributed by atoms with Crippen LogP contribution in [-0.4, -0.2) is 8.42 Å². The van der Waals surface area contributed by atoms with Crippen molar-refractivity contribution in [2.75, 3.05) is 0 Å². The third-order valence-electron chi connectivity index (χ3n) is 2.24. The summed E-state index contributed by atoms with van der Waals surface area (Å²) in [5.41, 5.74) is 0.993. The summed E-state index contributed by atoms with van der Waals surface area (Å²) in [5, 5.41) is 0. The zero-order valence-corrected chi connectivity index (χ0v) is 9.89. The summed E-state index contributed by atoms with van der Waals surface area (Å²) in [6.45, 7) is 0.348. The quantitative estimate of drug-likeness (QED) is 0.841. The van der Waals surface area contributed by atoms with Gasteiger partial charge in [-0.15, -0.1) is 0 Å². The average molecular weight is 247 g/mol. The summed E-state index contributed by atoms with van der Waals surface area (Å²) in [6.07, 6.45) is 0. The molecule has 0 aliphatic heterocycles. The predicted octanol–water partition coefficient (Wildman–Crippen LogP) is 2.04. The van der Waals surface area contributed by atoms with E-state index in [0.29, 0.717) is 12.4 Å². The van der Waals surface area contributed by atoms with Gasteiger partial charge in [0.1, 0.15) is 17.3 Å². The van der Waals surface area contributed by atoms with Crippen molar-refractivity contribution in [1.82, 2.24) is 0 Å². The van der Waals surface area contributed by atoms with Crippen LogP contribution in [0.1, 0.15) is 5.56 Å². The van der Waals surface area contributed by atoms with Gasteiger partial charge in [0.15, 0.2) is 10.7 Å². The lowest BCUT2D eigenvalue weighted by Gasteiger charge is -2.07. The summed E-state index contributed by atoms with van der Waals surface area (Å²) >= 11 is 0. The van der Waals surface area contributed by atoms with Crippen molar-refractivity contribution in [3.63, 3.8) is 0 Å². The molecule has 17 heavy (non-hydrogen) atoms.